The average Bonchev–Trinajstić information content (AvgIpc) is 2.31. The van der Waals surface area contributed by atoms with Crippen molar-refractivity contribution in [3.8, 4) is 0 Å². The zero-order valence-electron chi connectivity index (χ0n) is 8.09. The van der Waals surface area contributed by atoms with Crippen molar-refractivity contribution in [1.29, 1.82) is 0 Å². The summed E-state index contributed by atoms with van der Waals surface area (Å²) in [4.78, 5) is 23.4. The maximum atomic E-state index is 11.7. The number of pyridine rings is 1. The van der Waals surface area contributed by atoms with Crippen LogP contribution < -0.4 is 5.32 Å². The van der Waals surface area contributed by atoms with Gasteiger partial charge in [-0.2, -0.15) is 0 Å². The number of carbonyl (C=O) groups excluding carboxylic acids is 1. The smallest absolute Gasteiger partial charge is 0.275 e. The fourth-order valence-corrected chi connectivity index (χ4v) is 1.29. The van der Waals surface area contributed by atoms with Gasteiger partial charge in [0.05, 0.1) is 6.20 Å². The van der Waals surface area contributed by atoms with E-state index < -0.39 is 0 Å². The summed E-state index contributed by atoms with van der Waals surface area (Å²) in [5.74, 6) is 0.0882. The molecule has 0 fully saturated rings. The second kappa shape index (κ2) is 4.80. The molecule has 6 heteroatoms. The third-order valence-corrected chi connectivity index (χ3v) is 2.23. The summed E-state index contributed by atoms with van der Waals surface area (Å²) < 4.78 is 0.823. The summed E-state index contributed by atoms with van der Waals surface area (Å²) in [5, 5.41) is 2.59. The van der Waals surface area contributed by atoms with E-state index in [9.17, 15) is 4.79 Å². The molecule has 0 aliphatic rings. The van der Waals surface area contributed by atoms with Crippen molar-refractivity contribution >= 4 is 27.7 Å². The fourth-order valence-electron chi connectivity index (χ4n) is 1.05. The van der Waals surface area contributed by atoms with Crippen molar-refractivity contribution in [3.63, 3.8) is 0 Å². The Morgan fingerprint density at radius 2 is 2.06 bits per heavy atom. The van der Waals surface area contributed by atoms with Crippen molar-refractivity contribution in [2.75, 3.05) is 5.32 Å². The number of nitrogens with one attached hydrogen (secondary N) is 1. The van der Waals surface area contributed by atoms with E-state index in [4.69, 9.17) is 0 Å². The molecule has 0 aliphatic heterocycles. The summed E-state index contributed by atoms with van der Waals surface area (Å²) >= 11 is 3.24. The highest BCUT2D eigenvalue weighted by Crippen LogP contribution is 2.08. The lowest BCUT2D eigenvalue weighted by Crippen LogP contribution is -2.14. The first-order valence-corrected chi connectivity index (χ1v) is 5.24. The van der Waals surface area contributed by atoms with Crippen molar-refractivity contribution < 1.29 is 4.79 Å². The van der Waals surface area contributed by atoms with E-state index in [1.165, 1.54) is 18.6 Å². The Balaban J connectivity index is 2.12. The van der Waals surface area contributed by atoms with Gasteiger partial charge in [0.15, 0.2) is 5.82 Å². The second-order valence-corrected chi connectivity index (χ2v) is 3.82. The summed E-state index contributed by atoms with van der Waals surface area (Å²) in [6.07, 6.45) is 6.07. The number of hydrogen-bond donors (Lipinski definition) is 1. The van der Waals surface area contributed by atoms with E-state index in [0.717, 1.165) is 4.47 Å². The Kier molecular flexibility index (Phi) is 3.21. The van der Waals surface area contributed by atoms with E-state index in [0.29, 0.717) is 11.5 Å². The number of hydrogen-bond acceptors (Lipinski definition) is 4. The van der Waals surface area contributed by atoms with Crippen LogP contribution in [0.3, 0.4) is 0 Å². The summed E-state index contributed by atoms with van der Waals surface area (Å²) in [7, 11) is 0. The number of halogens is 1. The van der Waals surface area contributed by atoms with Gasteiger partial charge >= 0.3 is 0 Å². The minimum atomic E-state index is -0.312. The first-order valence-electron chi connectivity index (χ1n) is 4.44. The average molecular weight is 279 g/mol. The van der Waals surface area contributed by atoms with Crippen LogP contribution in [0.1, 0.15) is 10.5 Å². The largest absolute Gasteiger partial charge is 0.304 e. The van der Waals surface area contributed by atoms with Crippen LogP contribution in [0.15, 0.2) is 41.4 Å². The van der Waals surface area contributed by atoms with E-state index in [-0.39, 0.29) is 5.91 Å². The lowest BCUT2D eigenvalue weighted by atomic mass is 10.3. The zero-order chi connectivity index (χ0) is 11.4. The van der Waals surface area contributed by atoms with Crippen molar-refractivity contribution in [3.05, 3.63) is 47.1 Å². The normalized spacial score (nSPS) is 9.81. The third kappa shape index (κ3) is 2.60. The van der Waals surface area contributed by atoms with Crippen molar-refractivity contribution in [2.24, 2.45) is 0 Å². The molecule has 16 heavy (non-hydrogen) atoms. The van der Waals surface area contributed by atoms with Crippen LogP contribution in [0.4, 0.5) is 5.82 Å². The Hall–Kier alpha value is -1.82. The molecular formula is C10H7BrN4O. The lowest BCUT2D eigenvalue weighted by Gasteiger charge is -2.02. The molecule has 1 amide bonds. The van der Waals surface area contributed by atoms with Crippen LogP contribution in [0.25, 0.3) is 0 Å². The molecule has 0 aromatic carbocycles. The quantitative estimate of drug-likeness (QED) is 0.911. The van der Waals surface area contributed by atoms with Gasteiger partial charge in [-0.3, -0.25) is 9.78 Å². The molecule has 0 bridgehead atoms. The highest BCUT2D eigenvalue weighted by atomic mass is 79.9. The highest BCUT2D eigenvalue weighted by Gasteiger charge is 2.07. The maximum absolute atomic E-state index is 11.7. The van der Waals surface area contributed by atoms with E-state index in [2.05, 4.69) is 36.2 Å². The molecule has 0 radical (unpaired) electrons. The molecule has 2 aromatic rings. The Morgan fingerprint density at radius 3 is 2.69 bits per heavy atom. The Labute approximate surface area is 100 Å². The molecule has 0 saturated carbocycles. The predicted octanol–water partition coefficient (Wildman–Crippen LogP) is 1.89. The molecule has 0 atom stereocenters. The number of nitrogens with zero attached hydrogens (tertiary/aromatic N) is 3. The fraction of sp³-hybridized carbons (Fsp3) is 0. The lowest BCUT2D eigenvalue weighted by molar-refractivity contribution is 0.102. The second-order valence-electron chi connectivity index (χ2n) is 2.91. The zero-order valence-corrected chi connectivity index (χ0v) is 9.68. The number of amides is 1. The molecule has 80 valence electrons. The minimum Gasteiger partial charge on any atom is -0.304 e. The standard InChI is InChI=1S/C10H7BrN4O/c11-7-1-2-8(14-5-7)10(16)15-9-6-12-3-4-13-9/h1-6H,(H,13,15,16). The van der Waals surface area contributed by atoms with Crippen LogP contribution in [-0.4, -0.2) is 20.9 Å². The van der Waals surface area contributed by atoms with Crippen LogP contribution in [0.2, 0.25) is 0 Å². The van der Waals surface area contributed by atoms with E-state index >= 15 is 0 Å². The number of carbonyl (C=O) groups is 1. The molecule has 0 aliphatic carbocycles. The van der Waals surface area contributed by atoms with Crippen molar-refractivity contribution in [2.45, 2.75) is 0 Å². The molecule has 0 unspecified atom stereocenters. The van der Waals surface area contributed by atoms with Crippen LogP contribution in [0.5, 0.6) is 0 Å². The molecule has 2 rings (SSSR count). The number of aromatic nitrogens is 3. The molecule has 1 N–H and O–H groups in total. The monoisotopic (exact) mass is 278 g/mol. The van der Waals surface area contributed by atoms with Gasteiger partial charge in [0.25, 0.3) is 5.91 Å². The first kappa shape index (κ1) is 10.7. The SMILES string of the molecule is O=C(Nc1cnccn1)c1ccc(Br)cn1. The maximum Gasteiger partial charge on any atom is 0.275 e. The molecule has 5 nitrogen and oxygen atoms in total. The van der Waals surface area contributed by atoms with Crippen molar-refractivity contribution in [1.82, 2.24) is 15.0 Å². The summed E-state index contributed by atoms with van der Waals surface area (Å²) in [6.45, 7) is 0. The first-order chi connectivity index (χ1) is 7.75. The molecule has 2 heterocycles. The Morgan fingerprint density at radius 1 is 1.19 bits per heavy atom. The summed E-state index contributed by atoms with van der Waals surface area (Å²) in [6, 6.07) is 3.37. The van der Waals surface area contributed by atoms with Gasteiger partial charge in [-0.1, -0.05) is 0 Å². The van der Waals surface area contributed by atoms with Gasteiger partial charge < -0.3 is 5.32 Å². The topological polar surface area (TPSA) is 67.8 Å². The van der Waals surface area contributed by atoms with Gasteiger partial charge in [-0.15, -0.1) is 0 Å². The van der Waals surface area contributed by atoms with Crippen LogP contribution >= 0.6 is 15.9 Å². The van der Waals surface area contributed by atoms with E-state index in [1.54, 1.807) is 18.3 Å². The molecule has 2 aromatic heterocycles. The molecule has 0 saturated heterocycles. The molecular weight excluding hydrogens is 272 g/mol. The van der Waals surface area contributed by atoms with Crippen LogP contribution in [0, 0.1) is 0 Å². The Bertz CT molecular complexity index is 486. The highest BCUT2D eigenvalue weighted by molar-refractivity contribution is 9.10. The van der Waals surface area contributed by atoms with E-state index in [1.807, 2.05) is 0 Å². The third-order valence-electron chi connectivity index (χ3n) is 1.76. The number of rotatable bonds is 2. The minimum absolute atomic E-state index is 0.312. The van der Waals surface area contributed by atoms with Gasteiger partial charge in [-0.25, -0.2) is 9.97 Å². The van der Waals surface area contributed by atoms with Gasteiger partial charge in [0.2, 0.25) is 0 Å². The van der Waals surface area contributed by atoms with Crippen LogP contribution in [-0.2, 0) is 0 Å². The van der Waals surface area contributed by atoms with Gasteiger partial charge in [0.1, 0.15) is 5.69 Å². The molecule has 0 spiro atoms. The number of anilines is 1. The summed E-state index contributed by atoms with van der Waals surface area (Å²) in [5.41, 5.74) is 0.328. The van der Waals surface area contributed by atoms with Gasteiger partial charge in [-0.05, 0) is 28.1 Å². The predicted molar refractivity (Wildman–Crippen MR) is 61.9 cm³/mol. The van der Waals surface area contributed by atoms with Gasteiger partial charge in [0, 0.05) is 23.1 Å².